The van der Waals surface area contributed by atoms with Crippen LogP contribution in [0.15, 0.2) is 30.3 Å². The first-order valence-corrected chi connectivity index (χ1v) is 6.67. The lowest BCUT2D eigenvalue weighted by molar-refractivity contribution is 0.328. The summed E-state index contributed by atoms with van der Waals surface area (Å²) in [6.45, 7) is 0. The van der Waals surface area contributed by atoms with Crippen LogP contribution in [0, 0.1) is 28.6 Å². The van der Waals surface area contributed by atoms with Crippen molar-refractivity contribution in [3.63, 3.8) is 0 Å². The van der Waals surface area contributed by atoms with Crippen molar-refractivity contribution in [3.8, 4) is 12.1 Å². The number of nitrogens with zero attached hydrogens (tertiary/aromatic N) is 2. The summed E-state index contributed by atoms with van der Waals surface area (Å²) >= 11 is 0. The highest BCUT2D eigenvalue weighted by Crippen LogP contribution is 2.44. The third-order valence-corrected chi connectivity index (χ3v) is 4.17. The molecule has 1 aliphatic rings. The van der Waals surface area contributed by atoms with E-state index in [-0.39, 0.29) is 0 Å². The van der Waals surface area contributed by atoms with Crippen LogP contribution in [0.2, 0.25) is 0 Å². The zero-order valence-corrected chi connectivity index (χ0v) is 10.6. The Bertz CT molecular complexity index is 460. The van der Waals surface area contributed by atoms with E-state index in [2.05, 4.69) is 12.1 Å². The number of nitriles is 2. The Balaban J connectivity index is 2.38. The molecule has 2 heteroatoms. The molecule has 18 heavy (non-hydrogen) atoms. The fourth-order valence-electron chi connectivity index (χ4n) is 3.20. The maximum atomic E-state index is 9.76. The van der Waals surface area contributed by atoms with Gasteiger partial charge < -0.3 is 0 Å². The SMILES string of the molecule is N#CCC[C@@](C#N)(c1ccccc1)C1CCCC1. The van der Waals surface area contributed by atoms with Crippen LogP contribution in [0.3, 0.4) is 0 Å². The van der Waals surface area contributed by atoms with E-state index in [1.807, 2.05) is 30.3 Å². The lowest BCUT2D eigenvalue weighted by Crippen LogP contribution is -2.32. The van der Waals surface area contributed by atoms with Gasteiger partial charge in [0.15, 0.2) is 0 Å². The highest BCUT2D eigenvalue weighted by Gasteiger charge is 2.41. The fraction of sp³-hybridized carbons (Fsp3) is 0.500. The van der Waals surface area contributed by atoms with Gasteiger partial charge in [-0.2, -0.15) is 10.5 Å². The first-order chi connectivity index (χ1) is 8.83. The average molecular weight is 238 g/mol. The van der Waals surface area contributed by atoms with E-state index in [4.69, 9.17) is 5.26 Å². The molecule has 1 aromatic rings. The molecule has 1 aliphatic carbocycles. The summed E-state index contributed by atoms with van der Waals surface area (Å²) < 4.78 is 0. The summed E-state index contributed by atoms with van der Waals surface area (Å²) in [4.78, 5) is 0. The molecular formula is C16H18N2. The smallest absolute Gasteiger partial charge is 0.0860 e. The van der Waals surface area contributed by atoms with Crippen molar-refractivity contribution in [2.45, 2.75) is 43.9 Å². The molecule has 0 amide bonds. The quantitative estimate of drug-likeness (QED) is 0.797. The molecule has 0 radical (unpaired) electrons. The minimum Gasteiger partial charge on any atom is -0.198 e. The van der Waals surface area contributed by atoms with Gasteiger partial charge in [0.2, 0.25) is 0 Å². The van der Waals surface area contributed by atoms with Crippen LogP contribution < -0.4 is 0 Å². The molecule has 0 heterocycles. The molecule has 0 spiro atoms. The molecule has 2 rings (SSSR count). The first kappa shape index (κ1) is 12.7. The third-order valence-electron chi connectivity index (χ3n) is 4.17. The second kappa shape index (κ2) is 5.69. The lowest BCUT2D eigenvalue weighted by atomic mass is 9.68. The zero-order chi connectivity index (χ0) is 12.8. The number of hydrogen-bond donors (Lipinski definition) is 0. The summed E-state index contributed by atoms with van der Waals surface area (Å²) in [5.41, 5.74) is 0.641. The number of benzene rings is 1. The topological polar surface area (TPSA) is 47.6 Å². The van der Waals surface area contributed by atoms with E-state index < -0.39 is 5.41 Å². The molecule has 0 N–H and O–H groups in total. The minimum absolute atomic E-state index is 0.415. The van der Waals surface area contributed by atoms with Gasteiger partial charge in [0.1, 0.15) is 0 Å². The van der Waals surface area contributed by atoms with E-state index in [1.54, 1.807) is 0 Å². The van der Waals surface area contributed by atoms with Crippen LogP contribution in [-0.2, 0) is 5.41 Å². The molecule has 0 unspecified atom stereocenters. The van der Waals surface area contributed by atoms with Crippen LogP contribution in [-0.4, -0.2) is 0 Å². The van der Waals surface area contributed by atoms with Crippen LogP contribution in [0.5, 0.6) is 0 Å². The predicted octanol–water partition coefficient (Wildman–Crippen LogP) is 3.94. The summed E-state index contributed by atoms with van der Waals surface area (Å²) in [5, 5.41) is 18.6. The fourth-order valence-corrected chi connectivity index (χ4v) is 3.20. The van der Waals surface area contributed by atoms with Crippen molar-refractivity contribution < 1.29 is 0 Å². The average Bonchev–Trinajstić information content (AvgIpc) is 2.96. The number of hydrogen-bond acceptors (Lipinski definition) is 2. The molecule has 1 fully saturated rings. The lowest BCUT2D eigenvalue weighted by Gasteiger charge is -2.32. The van der Waals surface area contributed by atoms with Crippen molar-refractivity contribution in [2.24, 2.45) is 5.92 Å². The highest BCUT2D eigenvalue weighted by molar-refractivity contribution is 5.34. The third kappa shape index (κ3) is 2.24. The molecule has 1 saturated carbocycles. The Morgan fingerprint density at radius 3 is 2.33 bits per heavy atom. The predicted molar refractivity (Wildman–Crippen MR) is 70.5 cm³/mol. The van der Waals surface area contributed by atoms with Gasteiger partial charge >= 0.3 is 0 Å². The monoisotopic (exact) mass is 238 g/mol. The van der Waals surface area contributed by atoms with E-state index in [0.29, 0.717) is 18.8 Å². The van der Waals surface area contributed by atoms with E-state index in [9.17, 15) is 5.26 Å². The molecule has 92 valence electrons. The van der Waals surface area contributed by atoms with Crippen LogP contribution in [0.4, 0.5) is 0 Å². The van der Waals surface area contributed by atoms with Gasteiger partial charge in [0.25, 0.3) is 0 Å². The number of rotatable bonds is 4. The Morgan fingerprint density at radius 2 is 1.78 bits per heavy atom. The standard InChI is InChI=1S/C16H18N2/c17-12-6-11-16(13-18,15-9-4-5-10-15)14-7-2-1-3-8-14/h1-3,7-8,15H,4-6,9-11H2/t16-/m1/s1. The van der Waals surface area contributed by atoms with Crippen molar-refractivity contribution in [1.29, 1.82) is 10.5 Å². The van der Waals surface area contributed by atoms with Crippen molar-refractivity contribution in [1.82, 2.24) is 0 Å². The van der Waals surface area contributed by atoms with Gasteiger partial charge in [-0.3, -0.25) is 0 Å². The highest BCUT2D eigenvalue weighted by atomic mass is 14.5. The molecular weight excluding hydrogens is 220 g/mol. The van der Waals surface area contributed by atoms with Crippen molar-refractivity contribution in [2.75, 3.05) is 0 Å². The second-order valence-corrected chi connectivity index (χ2v) is 5.09. The van der Waals surface area contributed by atoms with Crippen molar-refractivity contribution in [3.05, 3.63) is 35.9 Å². The molecule has 0 aromatic heterocycles. The molecule has 0 aliphatic heterocycles. The van der Waals surface area contributed by atoms with Gasteiger partial charge in [-0.25, -0.2) is 0 Å². The van der Waals surface area contributed by atoms with E-state index in [1.165, 1.54) is 12.8 Å². The molecule has 1 aromatic carbocycles. The molecule has 0 saturated heterocycles. The molecule has 2 nitrogen and oxygen atoms in total. The van der Waals surface area contributed by atoms with Crippen LogP contribution in [0.1, 0.15) is 44.1 Å². The normalized spacial score (nSPS) is 18.8. The van der Waals surface area contributed by atoms with E-state index in [0.717, 1.165) is 18.4 Å². The van der Waals surface area contributed by atoms with Gasteiger partial charge in [0.05, 0.1) is 17.6 Å². The largest absolute Gasteiger partial charge is 0.198 e. The Hall–Kier alpha value is -1.80. The summed E-state index contributed by atoms with van der Waals surface area (Å²) in [5.74, 6) is 0.415. The summed E-state index contributed by atoms with van der Waals surface area (Å²) in [7, 11) is 0. The van der Waals surface area contributed by atoms with Crippen LogP contribution >= 0.6 is 0 Å². The van der Waals surface area contributed by atoms with Crippen molar-refractivity contribution >= 4 is 0 Å². The first-order valence-electron chi connectivity index (χ1n) is 6.67. The van der Waals surface area contributed by atoms with E-state index >= 15 is 0 Å². The second-order valence-electron chi connectivity index (χ2n) is 5.09. The Labute approximate surface area is 109 Å². The van der Waals surface area contributed by atoms with Gasteiger partial charge in [-0.15, -0.1) is 0 Å². The van der Waals surface area contributed by atoms with Gasteiger partial charge in [0, 0.05) is 6.42 Å². The minimum atomic E-state index is -0.451. The molecule has 0 bridgehead atoms. The molecule has 1 atom stereocenters. The summed E-state index contributed by atoms with van der Waals surface area (Å²) in [6, 6.07) is 14.8. The summed E-state index contributed by atoms with van der Waals surface area (Å²) in [6.07, 6.45) is 5.79. The Kier molecular flexibility index (Phi) is 4.00. The zero-order valence-electron chi connectivity index (χ0n) is 10.6. The maximum Gasteiger partial charge on any atom is 0.0860 e. The Morgan fingerprint density at radius 1 is 1.11 bits per heavy atom. The maximum absolute atomic E-state index is 9.76. The van der Waals surface area contributed by atoms with Crippen LogP contribution in [0.25, 0.3) is 0 Å². The van der Waals surface area contributed by atoms with Gasteiger partial charge in [-0.05, 0) is 30.7 Å². The van der Waals surface area contributed by atoms with Gasteiger partial charge in [-0.1, -0.05) is 43.2 Å².